The zero-order valence-electron chi connectivity index (χ0n) is 18.8. The van der Waals surface area contributed by atoms with Gasteiger partial charge in [0.05, 0.1) is 24.8 Å². The number of benzene rings is 1. The zero-order valence-corrected chi connectivity index (χ0v) is 18.8. The van der Waals surface area contributed by atoms with Crippen molar-refractivity contribution in [1.82, 2.24) is 30.1 Å². The number of fused-ring (bicyclic) bond motifs is 1. The lowest BCUT2D eigenvalue weighted by Crippen LogP contribution is -2.51. The fraction of sp³-hybridized carbons (Fsp3) is 0.565. The van der Waals surface area contributed by atoms with Crippen LogP contribution in [0.1, 0.15) is 51.0 Å². The van der Waals surface area contributed by atoms with E-state index in [1.807, 2.05) is 36.7 Å². The Balaban J connectivity index is 1.29. The van der Waals surface area contributed by atoms with Crippen molar-refractivity contribution in [3.63, 3.8) is 0 Å². The van der Waals surface area contributed by atoms with Crippen molar-refractivity contribution in [3.8, 4) is 11.4 Å². The standard InChI is InChI=1S/C23H28F2N6O2/c1-14(2)31-19-9-16(5-6-17(19)11-27-31)21-28-22(33-29-21)18-7-8-30(13-23(18,24)25)20(32)12-26-10-15-3-4-15/h5-6,9,11,14-15,18,26H,3-4,7-8,10,12-13H2,1-2H3. The molecule has 0 spiro atoms. The van der Waals surface area contributed by atoms with E-state index in [4.69, 9.17) is 4.52 Å². The van der Waals surface area contributed by atoms with Crippen molar-refractivity contribution in [2.75, 3.05) is 26.2 Å². The third-order valence-electron chi connectivity index (χ3n) is 6.44. The zero-order chi connectivity index (χ0) is 23.2. The summed E-state index contributed by atoms with van der Waals surface area (Å²) in [5.74, 6) is -3.85. The molecule has 1 aromatic carbocycles. The molecule has 1 unspecified atom stereocenters. The van der Waals surface area contributed by atoms with E-state index >= 15 is 0 Å². The van der Waals surface area contributed by atoms with E-state index in [1.165, 1.54) is 17.7 Å². The summed E-state index contributed by atoms with van der Waals surface area (Å²) < 4.78 is 37.2. The molecule has 2 fully saturated rings. The summed E-state index contributed by atoms with van der Waals surface area (Å²) >= 11 is 0. The second-order valence-electron chi connectivity index (χ2n) is 9.40. The maximum atomic E-state index is 15.0. The molecule has 1 aliphatic heterocycles. The number of rotatable bonds is 7. The van der Waals surface area contributed by atoms with Crippen LogP contribution in [0.3, 0.4) is 0 Å². The van der Waals surface area contributed by atoms with Gasteiger partial charge < -0.3 is 14.7 Å². The lowest BCUT2D eigenvalue weighted by atomic mass is 9.92. The number of carbonyl (C=O) groups excluding carboxylic acids is 1. The van der Waals surface area contributed by atoms with E-state index in [9.17, 15) is 13.6 Å². The average molecular weight is 459 g/mol. The Morgan fingerprint density at radius 3 is 2.85 bits per heavy atom. The number of nitrogens with one attached hydrogen (secondary N) is 1. The Labute approximate surface area is 190 Å². The summed E-state index contributed by atoms with van der Waals surface area (Å²) in [6.07, 6.45) is 4.21. The topological polar surface area (TPSA) is 89.1 Å². The number of carbonyl (C=O) groups is 1. The van der Waals surface area contributed by atoms with Crippen LogP contribution in [0.15, 0.2) is 28.9 Å². The van der Waals surface area contributed by atoms with Gasteiger partial charge in [0.25, 0.3) is 5.92 Å². The van der Waals surface area contributed by atoms with Crippen LogP contribution in [-0.2, 0) is 4.79 Å². The van der Waals surface area contributed by atoms with Gasteiger partial charge in [0.15, 0.2) is 0 Å². The highest BCUT2D eigenvalue weighted by Gasteiger charge is 2.49. The van der Waals surface area contributed by atoms with Gasteiger partial charge in [-0.05, 0) is 51.6 Å². The smallest absolute Gasteiger partial charge is 0.276 e. The summed E-state index contributed by atoms with van der Waals surface area (Å²) in [6, 6.07) is 5.80. The average Bonchev–Trinajstić information content (AvgIpc) is 3.30. The maximum absolute atomic E-state index is 15.0. The predicted octanol–water partition coefficient (Wildman–Crippen LogP) is 3.62. The van der Waals surface area contributed by atoms with Crippen LogP contribution in [0.2, 0.25) is 0 Å². The molecule has 2 aromatic heterocycles. The minimum Gasteiger partial charge on any atom is -0.338 e. The van der Waals surface area contributed by atoms with Crippen molar-refractivity contribution in [2.24, 2.45) is 5.92 Å². The number of hydrogen-bond donors (Lipinski definition) is 1. The highest BCUT2D eigenvalue weighted by Crippen LogP contribution is 2.40. The molecule has 33 heavy (non-hydrogen) atoms. The molecule has 176 valence electrons. The lowest BCUT2D eigenvalue weighted by molar-refractivity contribution is -0.144. The second kappa shape index (κ2) is 8.48. The first-order chi connectivity index (χ1) is 15.8. The molecule has 1 amide bonds. The van der Waals surface area contributed by atoms with Crippen molar-refractivity contribution in [2.45, 2.75) is 51.0 Å². The number of hydrogen-bond acceptors (Lipinski definition) is 6. The van der Waals surface area contributed by atoms with Crippen LogP contribution in [0.25, 0.3) is 22.3 Å². The summed E-state index contributed by atoms with van der Waals surface area (Å²) in [5.41, 5.74) is 1.60. The molecule has 8 nitrogen and oxygen atoms in total. The van der Waals surface area contributed by atoms with Crippen molar-refractivity contribution >= 4 is 16.8 Å². The quantitative estimate of drug-likeness (QED) is 0.582. The first kappa shape index (κ1) is 21.9. The Morgan fingerprint density at radius 1 is 1.30 bits per heavy atom. The van der Waals surface area contributed by atoms with Gasteiger partial charge in [0, 0.05) is 23.5 Å². The normalized spacial score (nSPS) is 20.6. The molecule has 10 heteroatoms. The van der Waals surface area contributed by atoms with Gasteiger partial charge in [0.1, 0.15) is 5.92 Å². The third kappa shape index (κ3) is 4.48. The Hall–Kier alpha value is -2.88. The highest BCUT2D eigenvalue weighted by molar-refractivity contribution is 5.83. The SMILES string of the molecule is CC(C)n1ncc2ccc(-c3noc(C4CCN(C(=O)CNCC5CC5)CC4(F)F)n3)cc21. The number of alkyl halides is 2. The molecule has 3 heterocycles. The van der Waals surface area contributed by atoms with Crippen LogP contribution < -0.4 is 5.32 Å². The summed E-state index contributed by atoms with van der Waals surface area (Å²) in [6.45, 7) is 4.53. The molecular weight excluding hydrogens is 430 g/mol. The fourth-order valence-corrected chi connectivity index (χ4v) is 4.36. The van der Waals surface area contributed by atoms with Gasteiger partial charge in [-0.25, -0.2) is 8.78 Å². The maximum Gasteiger partial charge on any atom is 0.276 e. The third-order valence-corrected chi connectivity index (χ3v) is 6.44. The van der Waals surface area contributed by atoms with Crippen LogP contribution in [0.4, 0.5) is 8.78 Å². The Kier molecular flexibility index (Phi) is 5.64. The minimum absolute atomic E-state index is 0.0716. The molecule has 0 radical (unpaired) electrons. The van der Waals surface area contributed by atoms with E-state index in [2.05, 4.69) is 20.6 Å². The van der Waals surface area contributed by atoms with Crippen LogP contribution in [0.5, 0.6) is 0 Å². The minimum atomic E-state index is -3.14. The number of piperidine rings is 1. The molecule has 1 N–H and O–H groups in total. The van der Waals surface area contributed by atoms with Gasteiger partial charge in [-0.15, -0.1) is 0 Å². The number of halogens is 2. The van der Waals surface area contributed by atoms with Crippen LogP contribution in [0, 0.1) is 5.92 Å². The summed E-state index contributed by atoms with van der Waals surface area (Å²) in [5, 5.41) is 12.4. The predicted molar refractivity (Wildman–Crippen MR) is 118 cm³/mol. The molecule has 1 aliphatic carbocycles. The number of likely N-dealkylation sites (tertiary alicyclic amines) is 1. The van der Waals surface area contributed by atoms with E-state index in [-0.39, 0.29) is 43.2 Å². The summed E-state index contributed by atoms with van der Waals surface area (Å²) in [4.78, 5) is 17.9. The van der Waals surface area contributed by atoms with Crippen molar-refractivity contribution in [1.29, 1.82) is 0 Å². The van der Waals surface area contributed by atoms with Crippen molar-refractivity contribution in [3.05, 3.63) is 30.3 Å². The first-order valence-electron chi connectivity index (χ1n) is 11.5. The monoisotopic (exact) mass is 458 g/mol. The van der Waals surface area contributed by atoms with E-state index in [0.717, 1.165) is 17.4 Å². The lowest BCUT2D eigenvalue weighted by Gasteiger charge is -2.36. The number of aromatic nitrogens is 4. The van der Waals surface area contributed by atoms with Gasteiger partial charge in [-0.1, -0.05) is 17.3 Å². The van der Waals surface area contributed by atoms with Crippen molar-refractivity contribution < 1.29 is 18.1 Å². The Morgan fingerprint density at radius 2 is 2.12 bits per heavy atom. The first-order valence-corrected chi connectivity index (χ1v) is 11.5. The number of nitrogens with zero attached hydrogens (tertiary/aromatic N) is 5. The fourth-order valence-electron chi connectivity index (χ4n) is 4.36. The van der Waals surface area contributed by atoms with Gasteiger partial charge in [-0.2, -0.15) is 10.1 Å². The van der Waals surface area contributed by atoms with Gasteiger partial charge in [-0.3, -0.25) is 9.48 Å². The van der Waals surface area contributed by atoms with Gasteiger partial charge >= 0.3 is 0 Å². The van der Waals surface area contributed by atoms with Crippen LogP contribution in [-0.4, -0.2) is 62.8 Å². The van der Waals surface area contributed by atoms with Gasteiger partial charge in [0.2, 0.25) is 17.6 Å². The summed E-state index contributed by atoms with van der Waals surface area (Å²) in [7, 11) is 0. The second-order valence-corrected chi connectivity index (χ2v) is 9.40. The molecule has 3 aromatic rings. The van der Waals surface area contributed by atoms with E-state index < -0.39 is 18.4 Å². The molecular formula is C23H28F2N6O2. The van der Waals surface area contributed by atoms with Crippen LogP contribution >= 0.6 is 0 Å². The molecule has 2 aliphatic rings. The molecule has 1 saturated heterocycles. The highest BCUT2D eigenvalue weighted by atomic mass is 19.3. The molecule has 5 rings (SSSR count). The largest absolute Gasteiger partial charge is 0.338 e. The molecule has 1 saturated carbocycles. The van der Waals surface area contributed by atoms with E-state index in [0.29, 0.717) is 11.5 Å². The molecule has 0 bridgehead atoms. The molecule has 1 atom stereocenters. The van der Waals surface area contributed by atoms with E-state index in [1.54, 1.807) is 6.20 Å². The Bertz CT molecular complexity index is 1150. The number of amides is 1.